The lowest BCUT2D eigenvalue weighted by molar-refractivity contribution is 0.0383. The summed E-state index contributed by atoms with van der Waals surface area (Å²) in [5.41, 5.74) is 5.22. The molecule has 0 bridgehead atoms. The minimum absolute atomic E-state index is 0.124. The number of esters is 1. The number of amides is 1. The molecular formula is C33H33N7O5. The lowest BCUT2D eigenvalue weighted by Crippen LogP contribution is -2.28. The maximum Gasteiger partial charge on any atom is 0.342 e. The number of rotatable bonds is 12. The zero-order chi connectivity index (χ0) is 31.3. The van der Waals surface area contributed by atoms with Crippen LogP contribution in [0.3, 0.4) is 0 Å². The molecule has 6 aromatic rings. The Kier molecular flexibility index (Phi) is 8.56. The molecule has 0 aliphatic rings. The molecule has 6 rings (SSSR count). The summed E-state index contributed by atoms with van der Waals surface area (Å²) >= 11 is 0. The Morgan fingerprint density at radius 2 is 1.84 bits per heavy atom. The summed E-state index contributed by atoms with van der Waals surface area (Å²) in [6.45, 7) is 2.93. The van der Waals surface area contributed by atoms with Crippen molar-refractivity contribution >= 4 is 33.9 Å². The fourth-order valence-corrected chi connectivity index (χ4v) is 5.14. The molecule has 0 spiro atoms. The van der Waals surface area contributed by atoms with Gasteiger partial charge in [-0.3, -0.25) is 4.79 Å². The van der Waals surface area contributed by atoms with Crippen LogP contribution in [0.4, 0.5) is 0 Å². The molecule has 1 amide bonds. The maximum absolute atomic E-state index is 13.0. The van der Waals surface area contributed by atoms with Gasteiger partial charge in [-0.2, -0.15) is 0 Å². The molecular weight excluding hydrogens is 574 g/mol. The third-order valence-corrected chi connectivity index (χ3v) is 7.53. The molecule has 3 aromatic carbocycles. The number of nitrogens with one attached hydrogen (secondary N) is 2. The molecule has 0 fully saturated rings. The smallest absolute Gasteiger partial charge is 0.342 e. The van der Waals surface area contributed by atoms with Crippen molar-refractivity contribution in [1.82, 2.24) is 34.4 Å². The number of methoxy groups -OCH3 is 1. The highest BCUT2D eigenvalue weighted by atomic mass is 16.6. The number of para-hydroxylation sites is 1. The first kappa shape index (κ1) is 29.6. The molecule has 12 nitrogen and oxygen atoms in total. The van der Waals surface area contributed by atoms with Gasteiger partial charge in [-0.1, -0.05) is 12.1 Å². The number of imidazole rings is 3. The van der Waals surface area contributed by atoms with E-state index in [1.807, 2.05) is 52.7 Å². The minimum Gasteiger partial charge on any atom is -0.491 e. The first-order chi connectivity index (χ1) is 21.9. The Morgan fingerprint density at radius 1 is 1.00 bits per heavy atom. The SMILES string of the molecule is COCCOC(=O)c1ccccc1OCCNC(=O)c1ccc2nc(C(C)c3nc4ccc(-n5ccnc5)cc4[nH]3)n(C)c2c1. The predicted octanol–water partition coefficient (Wildman–Crippen LogP) is 4.40. The summed E-state index contributed by atoms with van der Waals surface area (Å²) in [7, 11) is 3.48. The predicted molar refractivity (Wildman–Crippen MR) is 168 cm³/mol. The van der Waals surface area contributed by atoms with E-state index >= 15 is 0 Å². The van der Waals surface area contributed by atoms with Crippen LogP contribution in [-0.4, -0.2) is 74.4 Å². The third-order valence-electron chi connectivity index (χ3n) is 7.53. The van der Waals surface area contributed by atoms with Crippen molar-refractivity contribution in [2.45, 2.75) is 12.8 Å². The van der Waals surface area contributed by atoms with Gasteiger partial charge in [0.05, 0.1) is 47.5 Å². The van der Waals surface area contributed by atoms with Gasteiger partial charge >= 0.3 is 5.97 Å². The second kappa shape index (κ2) is 13.0. The molecule has 3 aromatic heterocycles. The maximum atomic E-state index is 13.0. The number of H-pyrrole nitrogens is 1. The van der Waals surface area contributed by atoms with Crippen LogP contribution in [0.5, 0.6) is 5.75 Å². The highest BCUT2D eigenvalue weighted by molar-refractivity contribution is 5.97. The van der Waals surface area contributed by atoms with Crippen LogP contribution in [-0.2, 0) is 16.5 Å². The van der Waals surface area contributed by atoms with Crippen LogP contribution in [0.25, 0.3) is 27.8 Å². The Bertz CT molecular complexity index is 1960. The Labute approximate surface area is 259 Å². The summed E-state index contributed by atoms with van der Waals surface area (Å²) in [6, 6.07) is 18.3. The van der Waals surface area contributed by atoms with Crippen molar-refractivity contribution in [3.05, 3.63) is 102 Å². The van der Waals surface area contributed by atoms with Crippen molar-refractivity contribution in [2.75, 3.05) is 33.5 Å². The monoisotopic (exact) mass is 607 g/mol. The second-order valence-electron chi connectivity index (χ2n) is 10.5. The molecule has 12 heteroatoms. The Balaban J connectivity index is 1.11. The van der Waals surface area contributed by atoms with E-state index in [0.717, 1.165) is 39.4 Å². The van der Waals surface area contributed by atoms with Gasteiger partial charge in [0.25, 0.3) is 5.91 Å². The summed E-state index contributed by atoms with van der Waals surface area (Å²) in [5, 5.41) is 2.88. The van der Waals surface area contributed by atoms with Crippen LogP contribution in [0.1, 0.15) is 45.2 Å². The number of nitrogens with zero attached hydrogens (tertiary/aromatic N) is 5. The minimum atomic E-state index is -0.495. The zero-order valence-corrected chi connectivity index (χ0v) is 25.2. The average Bonchev–Trinajstić information content (AvgIpc) is 3.82. The first-order valence-electron chi connectivity index (χ1n) is 14.5. The molecule has 1 atom stereocenters. The van der Waals surface area contributed by atoms with Crippen LogP contribution >= 0.6 is 0 Å². The van der Waals surface area contributed by atoms with E-state index in [-0.39, 0.29) is 31.6 Å². The van der Waals surface area contributed by atoms with Gasteiger partial charge in [-0.25, -0.2) is 19.7 Å². The van der Waals surface area contributed by atoms with Gasteiger partial charge in [0, 0.05) is 37.8 Å². The highest BCUT2D eigenvalue weighted by Crippen LogP contribution is 2.28. The van der Waals surface area contributed by atoms with Crippen molar-refractivity contribution in [3.8, 4) is 11.4 Å². The average molecular weight is 608 g/mol. The normalized spacial score (nSPS) is 12.0. The number of fused-ring (bicyclic) bond motifs is 2. The molecule has 0 saturated heterocycles. The topological polar surface area (TPSA) is 138 Å². The third kappa shape index (κ3) is 6.27. The fraction of sp³-hybridized carbons (Fsp3) is 0.242. The lowest BCUT2D eigenvalue weighted by atomic mass is 10.1. The number of benzene rings is 3. The van der Waals surface area contributed by atoms with Crippen LogP contribution < -0.4 is 10.1 Å². The fourth-order valence-electron chi connectivity index (χ4n) is 5.14. The molecule has 3 heterocycles. The second-order valence-corrected chi connectivity index (χ2v) is 10.5. The lowest BCUT2D eigenvalue weighted by Gasteiger charge is -2.12. The number of carbonyl (C=O) groups is 2. The first-order valence-corrected chi connectivity index (χ1v) is 14.5. The molecule has 1 unspecified atom stereocenters. The van der Waals surface area contributed by atoms with Gasteiger partial charge in [0.2, 0.25) is 0 Å². The molecule has 45 heavy (non-hydrogen) atoms. The number of hydrogen-bond donors (Lipinski definition) is 2. The van der Waals surface area contributed by atoms with Crippen molar-refractivity contribution in [2.24, 2.45) is 7.05 Å². The van der Waals surface area contributed by atoms with Crippen molar-refractivity contribution < 1.29 is 23.8 Å². The summed E-state index contributed by atoms with van der Waals surface area (Å²) in [5.74, 6) is 1.15. The van der Waals surface area contributed by atoms with E-state index in [0.29, 0.717) is 23.5 Å². The Hall–Kier alpha value is -5.49. The Morgan fingerprint density at radius 3 is 2.67 bits per heavy atom. The number of aromatic amines is 1. The molecule has 230 valence electrons. The molecule has 0 aliphatic heterocycles. The number of hydrogen-bond acceptors (Lipinski definition) is 8. The van der Waals surface area contributed by atoms with Gasteiger partial charge in [-0.15, -0.1) is 0 Å². The number of carbonyl (C=O) groups excluding carboxylic acids is 2. The van der Waals surface area contributed by atoms with Gasteiger partial charge in [-0.05, 0) is 55.5 Å². The number of ether oxygens (including phenoxy) is 3. The van der Waals surface area contributed by atoms with Gasteiger partial charge in [0.1, 0.15) is 36.2 Å². The van der Waals surface area contributed by atoms with E-state index in [2.05, 4.69) is 22.2 Å². The van der Waals surface area contributed by atoms with Crippen LogP contribution in [0, 0.1) is 0 Å². The van der Waals surface area contributed by atoms with Gasteiger partial charge in [0.15, 0.2) is 0 Å². The van der Waals surface area contributed by atoms with E-state index in [9.17, 15) is 9.59 Å². The standard InChI is InChI=1S/C33H33N7O5/c1-21(30-36-25-11-9-23(19-27(25)37-30)40-14-12-34-20-40)31-38-26-10-8-22(18-28(26)39(31)2)32(41)35-13-15-44-29-7-5-4-6-24(29)33(42)45-17-16-43-3/h4-12,14,18-21H,13,15-17H2,1-3H3,(H,35,41)(H,36,37). The van der Waals surface area contributed by atoms with Crippen LogP contribution in [0.2, 0.25) is 0 Å². The van der Waals surface area contributed by atoms with E-state index in [1.54, 1.807) is 42.9 Å². The summed E-state index contributed by atoms with van der Waals surface area (Å²) < 4.78 is 19.8. The van der Waals surface area contributed by atoms with Crippen LogP contribution in [0.15, 0.2) is 79.4 Å². The van der Waals surface area contributed by atoms with Gasteiger partial charge < -0.3 is 33.6 Å². The van der Waals surface area contributed by atoms with E-state index in [4.69, 9.17) is 24.2 Å². The summed E-state index contributed by atoms with van der Waals surface area (Å²) in [6.07, 6.45) is 5.40. The number of aryl methyl sites for hydroxylation is 1. The zero-order valence-electron chi connectivity index (χ0n) is 25.2. The summed E-state index contributed by atoms with van der Waals surface area (Å²) in [4.78, 5) is 42.6. The molecule has 0 radical (unpaired) electrons. The largest absolute Gasteiger partial charge is 0.491 e. The molecule has 0 aliphatic carbocycles. The van der Waals surface area contributed by atoms with E-state index < -0.39 is 5.97 Å². The molecule has 2 N–H and O–H groups in total. The van der Waals surface area contributed by atoms with Crippen molar-refractivity contribution in [1.29, 1.82) is 0 Å². The number of aromatic nitrogens is 6. The molecule has 0 saturated carbocycles. The quantitative estimate of drug-likeness (QED) is 0.154. The van der Waals surface area contributed by atoms with E-state index in [1.165, 1.54) is 7.11 Å². The highest BCUT2D eigenvalue weighted by Gasteiger charge is 2.21. The van der Waals surface area contributed by atoms with Crippen molar-refractivity contribution in [3.63, 3.8) is 0 Å².